The molecule has 1 heterocycles. The Labute approximate surface area is 176 Å². The fraction of sp³-hybridized carbons (Fsp3) is 0.409. The quantitative estimate of drug-likeness (QED) is 0.513. The Morgan fingerprint density at radius 1 is 1.13 bits per heavy atom. The fourth-order valence-electron chi connectivity index (χ4n) is 3.50. The maximum absolute atomic E-state index is 13.1. The monoisotopic (exact) mass is 412 g/mol. The summed E-state index contributed by atoms with van der Waals surface area (Å²) in [6.07, 6.45) is 0. The van der Waals surface area contributed by atoms with Gasteiger partial charge in [-0.3, -0.25) is 14.9 Å². The van der Waals surface area contributed by atoms with E-state index in [0.717, 1.165) is 11.3 Å². The average molecular weight is 412 g/mol. The first-order valence-electron chi connectivity index (χ1n) is 10.1. The van der Waals surface area contributed by atoms with Gasteiger partial charge in [0.2, 0.25) is 0 Å². The third-order valence-electron chi connectivity index (χ3n) is 5.27. The van der Waals surface area contributed by atoms with E-state index in [4.69, 9.17) is 4.74 Å². The van der Waals surface area contributed by atoms with Crippen LogP contribution in [0.25, 0.3) is 0 Å². The van der Waals surface area contributed by atoms with E-state index in [2.05, 4.69) is 0 Å². The molecule has 0 bridgehead atoms. The Morgan fingerprint density at radius 3 is 2.37 bits per heavy atom. The largest absolute Gasteiger partial charge is 0.378 e. The van der Waals surface area contributed by atoms with E-state index in [0.29, 0.717) is 50.6 Å². The number of hydrogen-bond acceptors (Lipinski definition) is 6. The standard InChI is InChI=1S/C22H28N4O4/c1-4-24(16-17-5-8-19(9-6-17)23(2)3)22(27)18-7-10-20(21(15-18)26(28)29)25-11-13-30-14-12-25/h5-10,15H,4,11-14,16H2,1-3H3. The lowest BCUT2D eigenvalue weighted by molar-refractivity contribution is -0.384. The van der Waals surface area contributed by atoms with Crippen molar-refractivity contribution in [2.75, 3.05) is 56.7 Å². The molecule has 8 nitrogen and oxygen atoms in total. The molecule has 1 saturated heterocycles. The lowest BCUT2D eigenvalue weighted by Crippen LogP contribution is -2.36. The van der Waals surface area contributed by atoms with E-state index in [1.807, 2.05) is 55.1 Å². The van der Waals surface area contributed by atoms with Gasteiger partial charge in [-0.05, 0) is 36.8 Å². The van der Waals surface area contributed by atoms with Gasteiger partial charge in [0.05, 0.1) is 18.1 Å². The van der Waals surface area contributed by atoms with Crippen LogP contribution in [0.15, 0.2) is 42.5 Å². The molecular weight excluding hydrogens is 384 g/mol. The predicted octanol–water partition coefficient (Wildman–Crippen LogP) is 3.16. The SMILES string of the molecule is CCN(Cc1ccc(N(C)C)cc1)C(=O)c1ccc(N2CCOCC2)c([N+](=O)[O-])c1. The summed E-state index contributed by atoms with van der Waals surface area (Å²) < 4.78 is 5.33. The Kier molecular flexibility index (Phi) is 6.89. The molecule has 1 aliphatic heterocycles. The molecule has 1 aliphatic rings. The van der Waals surface area contributed by atoms with E-state index in [1.54, 1.807) is 17.0 Å². The van der Waals surface area contributed by atoms with Crippen LogP contribution in [0.4, 0.5) is 17.1 Å². The number of nitro groups is 1. The number of morpholine rings is 1. The van der Waals surface area contributed by atoms with E-state index < -0.39 is 4.92 Å². The molecule has 30 heavy (non-hydrogen) atoms. The van der Waals surface area contributed by atoms with E-state index in [1.165, 1.54) is 6.07 Å². The van der Waals surface area contributed by atoms with Gasteiger partial charge in [-0.1, -0.05) is 12.1 Å². The summed E-state index contributed by atoms with van der Waals surface area (Å²) in [7, 11) is 3.95. The summed E-state index contributed by atoms with van der Waals surface area (Å²) in [5.74, 6) is -0.217. The minimum absolute atomic E-state index is 0.0471. The number of carbonyl (C=O) groups is 1. The molecule has 2 aromatic rings. The number of nitrogens with zero attached hydrogens (tertiary/aromatic N) is 4. The third kappa shape index (κ3) is 4.88. The molecule has 0 unspecified atom stereocenters. The van der Waals surface area contributed by atoms with Gasteiger partial charge in [0.1, 0.15) is 5.69 Å². The van der Waals surface area contributed by atoms with Crippen LogP contribution >= 0.6 is 0 Å². The van der Waals surface area contributed by atoms with Gasteiger partial charge in [-0.25, -0.2) is 0 Å². The van der Waals surface area contributed by atoms with Gasteiger partial charge in [0.15, 0.2) is 0 Å². The van der Waals surface area contributed by atoms with Crippen molar-refractivity contribution in [1.82, 2.24) is 4.90 Å². The molecule has 0 saturated carbocycles. The van der Waals surface area contributed by atoms with Crippen LogP contribution < -0.4 is 9.80 Å². The highest BCUT2D eigenvalue weighted by molar-refractivity contribution is 5.95. The highest BCUT2D eigenvalue weighted by Crippen LogP contribution is 2.30. The van der Waals surface area contributed by atoms with Gasteiger partial charge in [-0.2, -0.15) is 0 Å². The number of benzene rings is 2. The third-order valence-corrected chi connectivity index (χ3v) is 5.27. The normalized spacial score (nSPS) is 13.8. The zero-order valence-corrected chi connectivity index (χ0v) is 17.7. The van der Waals surface area contributed by atoms with Crippen molar-refractivity contribution in [1.29, 1.82) is 0 Å². The first kappa shape index (κ1) is 21.6. The van der Waals surface area contributed by atoms with Crippen LogP contribution in [-0.4, -0.2) is 62.7 Å². The van der Waals surface area contributed by atoms with Crippen molar-refractivity contribution in [3.8, 4) is 0 Å². The van der Waals surface area contributed by atoms with Gasteiger partial charge >= 0.3 is 0 Å². The summed E-state index contributed by atoms with van der Waals surface area (Å²) in [6, 6.07) is 12.8. The number of carbonyl (C=O) groups excluding carboxylic acids is 1. The lowest BCUT2D eigenvalue weighted by Gasteiger charge is -2.28. The number of rotatable bonds is 7. The fourth-order valence-corrected chi connectivity index (χ4v) is 3.50. The van der Waals surface area contributed by atoms with Gasteiger partial charge in [-0.15, -0.1) is 0 Å². The molecule has 0 spiro atoms. The minimum Gasteiger partial charge on any atom is -0.378 e. The summed E-state index contributed by atoms with van der Waals surface area (Å²) >= 11 is 0. The summed E-state index contributed by atoms with van der Waals surface area (Å²) in [5.41, 5.74) is 2.90. The highest BCUT2D eigenvalue weighted by atomic mass is 16.6. The molecule has 2 aromatic carbocycles. The highest BCUT2D eigenvalue weighted by Gasteiger charge is 2.24. The Balaban J connectivity index is 1.81. The lowest BCUT2D eigenvalue weighted by atomic mass is 10.1. The van der Waals surface area contributed by atoms with E-state index >= 15 is 0 Å². The van der Waals surface area contributed by atoms with Crippen molar-refractivity contribution in [3.63, 3.8) is 0 Å². The molecule has 8 heteroatoms. The van der Waals surface area contributed by atoms with Crippen LogP contribution in [0.3, 0.4) is 0 Å². The predicted molar refractivity (Wildman–Crippen MR) is 117 cm³/mol. The Morgan fingerprint density at radius 2 is 1.80 bits per heavy atom. The second-order valence-corrected chi connectivity index (χ2v) is 7.44. The molecular formula is C22H28N4O4. The van der Waals surface area contributed by atoms with Crippen LogP contribution in [-0.2, 0) is 11.3 Å². The van der Waals surface area contributed by atoms with Crippen molar-refractivity contribution >= 4 is 23.0 Å². The number of ether oxygens (including phenoxy) is 1. The second-order valence-electron chi connectivity index (χ2n) is 7.44. The van der Waals surface area contributed by atoms with Crippen LogP contribution in [0.5, 0.6) is 0 Å². The smallest absolute Gasteiger partial charge is 0.293 e. The molecule has 3 rings (SSSR count). The van der Waals surface area contributed by atoms with Crippen LogP contribution in [0, 0.1) is 10.1 Å². The van der Waals surface area contributed by atoms with Crippen molar-refractivity contribution in [2.24, 2.45) is 0 Å². The molecule has 160 valence electrons. The molecule has 0 N–H and O–H groups in total. The molecule has 0 radical (unpaired) electrons. The van der Waals surface area contributed by atoms with Gasteiger partial charge in [0, 0.05) is 57.6 Å². The van der Waals surface area contributed by atoms with Crippen molar-refractivity contribution in [3.05, 3.63) is 63.7 Å². The molecule has 0 aliphatic carbocycles. The minimum atomic E-state index is -0.419. The zero-order valence-electron chi connectivity index (χ0n) is 17.7. The second kappa shape index (κ2) is 9.58. The molecule has 1 fully saturated rings. The van der Waals surface area contributed by atoms with E-state index in [9.17, 15) is 14.9 Å². The van der Waals surface area contributed by atoms with Crippen LogP contribution in [0.1, 0.15) is 22.8 Å². The summed E-state index contributed by atoms with van der Waals surface area (Å²) in [5, 5.41) is 11.7. The summed E-state index contributed by atoms with van der Waals surface area (Å²) in [4.78, 5) is 30.0. The first-order chi connectivity index (χ1) is 14.4. The topological polar surface area (TPSA) is 79.2 Å². The maximum Gasteiger partial charge on any atom is 0.293 e. The number of hydrogen-bond donors (Lipinski definition) is 0. The van der Waals surface area contributed by atoms with Crippen LogP contribution in [0.2, 0.25) is 0 Å². The van der Waals surface area contributed by atoms with Crippen molar-refractivity contribution in [2.45, 2.75) is 13.5 Å². The van der Waals surface area contributed by atoms with Crippen molar-refractivity contribution < 1.29 is 14.5 Å². The zero-order chi connectivity index (χ0) is 21.7. The Hall–Kier alpha value is -3.13. The number of amides is 1. The average Bonchev–Trinajstić information content (AvgIpc) is 2.77. The van der Waals surface area contributed by atoms with E-state index in [-0.39, 0.29) is 11.6 Å². The maximum atomic E-state index is 13.1. The van der Waals surface area contributed by atoms with Gasteiger partial charge < -0.3 is 19.4 Å². The van der Waals surface area contributed by atoms with Gasteiger partial charge in [0.25, 0.3) is 11.6 Å². The number of nitro benzene ring substituents is 1. The summed E-state index contributed by atoms with van der Waals surface area (Å²) in [6.45, 7) is 5.12. The first-order valence-corrected chi connectivity index (χ1v) is 10.1. The molecule has 0 aromatic heterocycles. The Bertz CT molecular complexity index is 893. The number of anilines is 2. The molecule has 0 atom stereocenters. The molecule has 1 amide bonds.